The molecule has 0 saturated carbocycles. The highest BCUT2D eigenvalue weighted by atomic mass is 16.5. The van der Waals surface area contributed by atoms with Gasteiger partial charge >= 0.3 is 0 Å². The molecule has 0 saturated heterocycles. The summed E-state index contributed by atoms with van der Waals surface area (Å²) >= 11 is 0. The fourth-order valence-corrected chi connectivity index (χ4v) is 1.75. The Balaban J connectivity index is 2.48. The zero-order valence-electron chi connectivity index (χ0n) is 12.6. The summed E-state index contributed by atoms with van der Waals surface area (Å²) in [5.74, 6) is 0. The van der Waals surface area contributed by atoms with E-state index in [-0.39, 0.29) is 5.54 Å². The molecule has 0 atom stereocenters. The number of hydrogen-bond acceptors (Lipinski definition) is 6. The van der Waals surface area contributed by atoms with Crippen molar-refractivity contribution in [2.75, 3.05) is 7.11 Å². The number of methoxy groups -OCH3 is 1. The molecule has 0 fully saturated rings. The van der Waals surface area contributed by atoms with E-state index >= 15 is 0 Å². The van der Waals surface area contributed by atoms with Crippen LogP contribution < -0.4 is 5.32 Å². The molecule has 0 aliphatic rings. The third-order valence-electron chi connectivity index (χ3n) is 2.69. The van der Waals surface area contributed by atoms with Crippen LogP contribution in [0.25, 0.3) is 16.7 Å². The minimum atomic E-state index is -0.135. The number of nitriles is 1. The summed E-state index contributed by atoms with van der Waals surface area (Å²) in [6.07, 6.45) is 4.71. The van der Waals surface area contributed by atoms with E-state index in [4.69, 9.17) is 4.74 Å². The molecule has 0 amide bonds. The van der Waals surface area contributed by atoms with Crippen LogP contribution in [-0.2, 0) is 11.5 Å². The maximum absolute atomic E-state index is 9.37. The average Bonchev–Trinajstić information content (AvgIpc) is 2.83. The van der Waals surface area contributed by atoms with Crippen molar-refractivity contribution < 1.29 is 4.74 Å². The molecule has 0 bridgehead atoms. The van der Waals surface area contributed by atoms with E-state index in [2.05, 4.69) is 26.3 Å². The van der Waals surface area contributed by atoms with Crippen molar-refractivity contribution >= 4 is 16.7 Å². The number of aromatic nitrogens is 4. The van der Waals surface area contributed by atoms with Crippen molar-refractivity contribution in [3.63, 3.8) is 0 Å². The highest BCUT2D eigenvalue weighted by Gasteiger charge is 2.15. The predicted molar refractivity (Wildman–Crippen MR) is 78.8 cm³/mol. The van der Waals surface area contributed by atoms with Crippen LogP contribution >= 0.6 is 0 Å². The first-order valence-corrected chi connectivity index (χ1v) is 6.49. The largest absolute Gasteiger partial charge is 0.385 e. The average molecular weight is 286 g/mol. The fourth-order valence-electron chi connectivity index (χ4n) is 1.75. The number of rotatable bonds is 4. The monoisotopic (exact) mass is 286 g/mol. The van der Waals surface area contributed by atoms with Gasteiger partial charge in [-0.15, -0.1) is 0 Å². The first-order chi connectivity index (χ1) is 9.96. The van der Waals surface area contributed by atoms with E-state index in [1.165, 1.54) is 6.33 Å². The smallest absolute Gasteiger partial charge is 0.165 e. The summed E-state index contributed by atoms with van der Waals surface area (Å²) in [7, 11) is 1.60. The SMILES string of the molecule is COCn1cnc2c(/C(C#N)=C\NC(C)(C)C)ncnc21. The Morgan fingerprint density at radius 3 is 2.81 bits per heavy atom. The summed E-state index contributed by atoms with van der Waals surface area (Å²) in [5, 5.41) is 12.5. The first-order valence-electron chi connectivity index (χ1n) is 6.49. The van der Waals surface area contributed by atoms with Crippen molar-refractivity contribution in [1.29, 1.82) is 5.26 Å². The molecule has 2 heterocycles. The number of allylic oxidation sites excluding steroid dienone is 1. The minimum absolute atomic E-state index is 0.135. The van der Waals surface area contributed by atoms with Gasteiger partial charge in [0.25, 0.3) is 0 Å². The van der Waals surface area contributed by atoms with Crippen molar-refractivity contribution in [3.8, 4) is 6.07 Å². The van der Waals surface area contributed by atoms with Crippen molar-refractivity contribution in [2.45, 2.75) is 33.0 Å². The van der Waals surface area contributed by atoms with Crippen LogP contribution in [0.5, 0.6) is 0 Å². The van der Waals surface area contributed by atoms with Crippen LogP contribution in [0.3, 0.4) is 0 Å². The van der Waals surface area contributed by atoms with Gasteiger partial charge in [0.1, 0.15) is 30.3 Å². The zero-order chi connectivity index (χ0) is 15.5. The Bertz CT molecular complexity index is 704. The lowest BCUT2D eigenvalue weighted by Gasteiger charge is -2.18. The Morgan fingerprint density at radius 1 is 1.43 bits per heavy atom. The van der Waals surface area contributed by atoms with Crippen LogP contribution in [0.15, 0.2) is 18.9 Å². The van der Waals surface area contributed by atoms with Crippen LogP contribution in [0.4, 0.5) is 0 Å². The Hall–Kier alpha value is -2.46. The van der Waals surface area contributed by atoms with Gasteiger partial charge in [-0.2, -0.15) is 5.26 Å². The molecular weight excluding hydrogens is 268 g/mol. The van der Waals surface area contributed by atoms with E-state index in [0.717, 1.165) is 0 Å². The number of fused-ring (bicyclic) bond motifs is 1. The zero-order valence-corrected chi connectivity index (χ0v) is 12.6. The minimum Gasteiger partial charge on any atom is -0.385 e. The molecule has 0 spiro atoms. The molecule has 0 aliphatic heterocycles. The van der Waals surface area contributed by atoms with Crippen LogP contribution in [0.2, 0.25) is 0 Å². The second kappa shape index (κ2) is 5.89. The highest BCUT2D eigenvalue weighted by Crippen LogP contribution is 2.20. The van der Waals surface area contributed by atoms with Crippen molar-refractivity contribution in [2.24, 2.45) is 0 Å². The second-order valence-electron chi connectivity index (χ2n) is 5.59. The Labute approximate surface area is 123 Å². The molecular formula is C14H18N6O. The molecule has 21 heavy (non-hydrogen) atoms. The molecule has 0 aliphatic carbocycles. The van der Waals surface area contributed by atoms with E-state index in [9.17, 15) is 5.26 Å². The molecule has 1 N–H and O–H groups in total. The molecule has 110 valence electrons. The first kappa shape index (κ1) is 14.9. The standard InChI is InChI=1S/C14H18N6O/c1-14(2,3)19-6-10(5-15)11-12-13(17-7-16-11)20(8-18-12)9-21-4/h6-8,19H,9H2,1-4H3/b10-6-. The Kier molecular flexibility index (Phi) is 4.19. The third kappa shape index (κ3) is 3.35. The van der Waals surface area contributed by atoms with E-state index in [0.29, 0.717) is 29.2 Å². The van der Waals surface area contributed by atoms with Gasteiger partial charge in [-0.1, -0.05) is 0 Å². The summed E-state index contributed by atoms with van der Waals surface area (Å²) in [4.78, 5) is 12.7. The molecule has 0 radical (unpaired) electrons. The fraction of sp³-hybridized carbons (Fsp3) is 0.429. The summed E-state index contributed by atoms with van der Waals surface area (Å²) in [5.41, 5.74) is 2.01. The normalized spacial score (nSPS) is 12.4. The number of nitrogens with one attached hydrogen (secondary N) is 1. The van der Waals surface area contributed by atoms with Crippen LogP contribution in [0.1, 0.15) is 26.5 Å². The molecule has 2 aromatic rings. The Morgan fingerprint density at radius 2 is 2.19 bits per heavy atom. The third-order valence-corrected chi connectivity index (χ3v) is 2.69. The summed E-state index contributed by atoms with van der Waals surface area (Å²) < 4.78 is 6.84. The van der Waals surface area contributed by atoms with E-state index < -0.39 is 0 Å². The van der Waals surface area contributed by atoms with Crippen molar-refractivity contribution in [3.05, 3.63) is 24.5 Å². The predicted octanol–water partition coefficient (Wildman–Crippen LogP) is 1.68. The molecule has 7 heteroatoms. The lowest BCUT2D eigenvalue weighted by molar-refractivity contribution is 0.134. The summed E-state index contributed by atoms with van der Waals surface area (Å²) in [6.45, 7) is 6.39. The lowest BCUT2D eigenvalue weighted by Crippen LogP contribution is -2.31. The molecule has 0 aromatic carbocycles. The number of nitrogens with zero attached hydrogens (tertiary/aromatic N) is 5. The van der Waals surface area contributed by atoms with Crippen LogP contribution in [0, 0.1) is 11.3 Å². The van der Waals surface area contributed by atoms with Gasteiger partial charge in [-0.25, -0.2) is 15.0 Å². The maximum atomic E-state index is 9.37. The number of hydrogen-bond donors (Lipinski definition) is 1. The van der Waals surface area contributed by atoms with Gasteiger partial charge in [-0.3, -0.25) is 4.57 Å². The number of ether oxygens (including phenoxy) is 1. The van der Waals surface area contributed by atoms with Crippen LogP contribution in [-0.4, -0.2) is 32.2 Å². The van der Waals surface area contributed by atoms with Gasteiger partial charge in [0, 0.05) is 18.8 Å². The topological polar surface area (TPSA) is 88.7 Å². The van der Waals surface area contributed by atoms with Gasteiger partial charge in [0.05, 0.1) is 11.9 Å². The number of imidazole rings is 1. The lowest BCUT2D eigenvalue weighted by atomic mass is 10.1. The van der Waals surface area contributed by atoms with Gasteiger partial charge in [0.15, 0.2) is 5.65 Å². The summed E-state index contributed by atoms with van der Waals surface area (Å²) in [6, 6.07) is 2.15. The molecule has 0 unspecified atom stereocenters. The van der Waals surface area contributed by atoms with Crippen molar-refractivity contribution in [1.82, 2.24) is 24.8 Å². The van der Waals surface area contributed by atoms with E-state index in [1.54, 1.807) is 24.2 Å². The quantitative estimate of drug-likeness (QED) is 0.860. The van der Waals surface area contributed by atoms with E-state index in [1.807, 2.05) is 20.8 Å². The van der Waals surface area contributed by atoms with Gasteiger partial charge in [-0.05, 0) is 20.8 Å². The molecule has 2 aromatic heterocycles. The van der Waals surface area contributed by atoms with Gasteiger partial charge < -0.3 is 10.1 Å². The van der Waals surface area contributed by atoms with Gasteiger partial charge in [0.2, 0.25) is 0 Å². The molecule has 7 nitrogen and oxygen atoms in total. The molecule has 2 rings (SSSR count). The maximum Gasteiger partial charge on any atom is 0.165 e. The highest BCUT2D eigenvalue weighted by molar-refractivity contribution is 5.89. The second-order valence-corrected chi connectivity index (χ2v) is 5.59.